The first-order chi connectivity index (χ1) is 14.9. The van der Waals surface area contributed by atoms with Crippen LogP contribution >= 0.6 is 0 Å². The van der Waals surface area contributed by atoms with Crippen molar-refractivity contribution in [3.63, 3.8) is 0 Å². The van der Waals surface area contributed by atoms with Gasteiger partial charge in [0.1, 0.15) is 17.6 Å². The third-order valence-electron chi connectivity index (χ3n) is 7.24. The third-order valence-corrected chi connectivity index (χ3v) is 7.24. The van der Waals surface area contributed by atoms with Crippen LogP contribution in [0.4, 0.5) is 0 Å². The maximum absolute atomic E-state index is 13.8. The second-order valence-corrected chi connectivity index (χ2v) is 8.77. The van der Waals surface area contributed by atoms with E-state index in [0.717, 1.165) is 12.8 Å². The molecule has 174 valence electrons. The normalized spacial score (nSPS) is 33.5. The lowest BCUT2D eigenvalue weighted by molar-refractivity contribution is -0.161. The van der Waals surface area contributed by atoms with E-state index in [-0.39, 0.29) is 31.6 Å². The highest BCUT2D eigenvalue weighted by atomic mass is 16.6. The molecule has 3 aliphatic rings. The molecule has 2 unspecified atom stereocenters. The predicted molar refractivity (Wildman–Crippen MR) is 114 cm³/mol. The Morgan fingerprint density at radius 2 is 2.10 bits per heavy atom. The van der Waals surface area contributed by atoms with Crippen LogP contribution in [0.1, 0.15) is 52.9 Å². The van der Waals surface area contributed by atoms with Crippen LogP contribution in [0.5, 0.6) is 0 Å². The molecule has 2 amide bonds. The van der Waals surface area contributed by atoms with Crippen molar-refractivity contribution in [3.8, 4) is 0 Å². The van der Waals surface area contributed by atoms with Crippen molar-refractivity contribution < 1.29 is 29.0 Å². The molecule has 0 aromatic rings. The van der Waals surface area contributed by atoms with E-state index in [9.17, 15) is 19.5 Å². The fraction of sp³-hybridized carbons (Fsp3) is 0.783. The van der Waals surface area contributed by atoms with Crippen LogP contribution in [0.15, 0.2) is 12.7 Å². The van der Waals surface area contributed by atoms with Gasteiger partial charge in [0, 0.05) is 19.6 Å². The van der Waals surface area contributed by atoms with Crippen LogP contribution in [-0.4, -0.2) is 82.8 Å². The summed E-state index contributed by atoms with van der Waals surface area (Å²) in [4.78, 5) is 43.5. The summed E-state index contributed by atoms with van der Waals surface area (Å²) < 4.78 is 11.9. The van der Waals surface area contributed by atoms with Gasteiger partial charge < -0.3 is 24.4 Å². The number of hydrogen-bond donors (Lipinski definition) is 1. The van der Waals surface area contributed by atoms with E-state index in [2.05, 4.69) is 13.5 Å². The maximum Gasteiger partial charge on any atom is 0.312 e. The number of fused-ring (bicyclic) bond motifs is 1. The van der Waals surface area contributed by atoms with Crippen LogP contribution in [0.3, 0.4) is 0 Å². The molecule has 0 aromatic heterocycles. The van der Waals surface area contributed by atoms with E-state index < -0.39 is 35.0 Å². The number of aliphatic hydroxyl groups is 1. The van der Waals surface area contributed by atoms with Crippen molar-refractivity contribution in [1.29, 1.82) is 0 Å². The number of hydrogen-bond acceptors (Lipinski definition) is 6. The maximum atomic E-state index is 13.8. The number of unbranched alkanes of at least 4 members (excludes halogenated alkanes) is 1. The Balaban J connectivity index is 2.05. The van der Waals surface area contributed by atoms with E-state index in [4.69, 9.17) is 9.47 Å². The zero-order valence-corrected chi connectivity index (χ0v) is 19.0. The fourth-order valence-electron chi connectivity index (χ4n) is 5.91. The largest absolute Gasteiger partial charge is 0.466 e. The number of carbonyl (C=O) groups is 3. The first-order valence-corrected chi connectivity index (χ1v) is 11.5. The molecule has 0 radical (unpaired) electrons. The predicted octanol–water partition coefficient (Wildman–Crippen LogP) is 1.51. The number of aliphatic hydroxyl groups excluding tert-OH is 1. The highest BCUT2D eigenvalue weighted by molar-refractivity contribution is 5.98. The van der Waals surface area contributed by atoms with E-state index in [1.54, 1.807) is 17.9 Å². The zero-order chi connectivity index (χ0) is 22.8. The SMILES string of the molecule is C=CCN(CCCC)C(=O)C1N(CCO)C(=O)[C@@H]2[C@H](C(=O)OCC)[C@]3(CC)CCC12O3. The lowest BCUT2D eigenvalue weighted by atomic mass is 9.65. The van der Waals surface area contributed by atoms with Crippen LogP contribution < -0.4 is 0 Å². The Morgan fingerprint density at radius 3 is 2.68 bits per heavy atom. The number of β-amino-alcohol motifs (C(OH)–C–C–N with tert-alkyl or cyclic N) is 1. The number of nitrogens with zero attached hydrogens (tertiary/aromatic N) is 2. The van der Waals surface area contributed by atoms with Gasteiger partial charge in [-0.25, -0.2) is 0 Å². The average Bonchev–Trinajstić information content (AvgIpc) is 3.35. The Morgan fingerprint density at radius 1 is 1.35 bits per heavy atom. The number of ether oxygens (including phenoxy) is 2. The minimum Gasteiger partial charge on any atom is -0.466 e. The molecule has 0 aliphatic carbocycles. The zero-order valence-electron chi connectivity index (χ0n) is 19.0. The average molecular weight is 437 g/mol. The summed E-state index contributed by atoms with van der Waals surface area (Å²) in [7, 11) is 0. The summed E-state index contributed by atoms with van der Waals surface area (Å²) in [6.45, 7) is 10.4. The minimum atomic E-state index is -1.07. The van der Waals surface area contributed by atoms with Gasteiger partial charge in [-0.05, 0) is 32.6 Å². The van der Waals surface area contributed by atoms with Gasteiger partial charge in [0.2, 0.25) is 11.8 Å². The number of rotatable bonds is 11. The van der Waals surface area contributed by atoms with Crippen molar-refractivity contribution in [3.05, 3.63) is 12.7 Å². The molecule has 3 aliphatic heterocycles. The van der Waals surface area contributed by atoms with Crippen molar-refractivity contribution in [1.82, 2.24) is 9.80 Å². The van der Waals surface area contributed by atoms with Gasteiger partial charge in [-0.15, -0.1) is 6.58 Å². The van der Waals surface area contributed by atoms with Crippen LogP contribution in [0.2, 0.25) is 0 Å². The molecule has 0 aromatic carbocycles. The van der Waals surface area contributed by atoms with Gasteiger partial charge >= 0.3 is 5.97 Å². The smallest absolute Gasteiger partial charge is 0.312 e. The van der Waals surface area contributed by atoms with Crippen molar-refractivity contribution >= 4 is 17.8 Å². The second-order valence-electron chi connectivity index (χ2n) is 8.77. The lowest BCUT2D eigenvalue weighted by Crippen LogP contribution is -2.56. The second kappa shape index (κ2) is 9.28. The van der Waals surface area contributed by atoms with Crippen LogP contribution in [0.25, 0.3) is 0 Å². The first kappa shape index (κ1) is 23.7. The van der Waals surface area contributed by atoms with Gasteiger partial charge in [0.05, 0.1) is 24.7 Å². The molecular weight excluding hydrogens is 400 g/mol. The van der Waals surface area contributed by atoms with E-state index in [1.165, 1.54) is 4.90 Å². The van der Waals surface area contributed by atoms with E-state index >= 15 is 0 Å². The van der Waals surface area contributed by atoms with E-state index in [1.807, 2.05) is 6.92 Å². The molecular formula is C23H36N2O6. The molecule has 31 heavy (non-hydrogen) atoms. The van der Waals surface area contributed by atoms with E-state index in [0.29, 0.717) is 32.4 Å². The number of esters is 1. The molecule has 3 fully saturated rings. The molecule has 0 saturated carbocycles. The monoisotopic (exact) mass is 436 g/mol. The van der Waals surface area contributed by atoms with Gasteiger partial charge in [0.25, 0.3) is 0 Å². The Labute approximate surface area is 184 Å². The number of likely N-dealkylation sites (tertiary alicyclic amines) is 1. The number of amides is 2. The highest BCUT2D eigenvalue weighted by Gasteiger charge is 2.79. The summed E-state index contributed by atoms with van der Waals surface area (Å²) in [6, 6.07) is -0.859. The Kier molecular flexibility index (Phi) is 7.11. The van der Waals surface area contributed by atoms with Crippen molar-refractivity contribution in [2.45, 2.75) is 70.1 Å². The summed E-state index contributed by atoms with van der Waals surface area (Å²) >= 11 is 0. The van der Waals surface area contributed by atoms with Gasteiger partial charge in [-0.3, -0.25) is 14.4 Å². The molecule has 2 bridgehead atoms. The van der Waals surface area contributed by atoms with Crippen LogP contribution in [0, 0.1) is 11.8 Å². The highest BCUT2D eigenvalue weighted by Crippen LogP contribution is 2.64. The summed E-state index contributed by atoms with van der Waals surface area (Å²) in [5, 5.41) is 9.65. The molecule has 8 heteroatoms. The van der Waals surface area contributed by atoms with Crippen molar-refractivity contribution in [2.24, 2.45) is 11.8 Å². The molecule has 5 atom stereocenters. The summed E-state index contributed by atoms with van der Waals surface area (Å²) in [6.07, 6.45) is 5.14. The Bertz CT molecular complexity index is 727. The van der Waals surface area contributed by atoms with Gasteiger partial charge in [-0.1, -0.05) is 26.3 Å². The molecule has 1 N–H and O–H groups in total. The lowest BCUT2D eigenvalue weighted by Gasteiger charge is -2.36. The number of carbonyl (C=O) groups excluding carboxylic acids is 3. The quantitative estimate of drug-likeness (QED) is 0.390. The minimum absolute atomic E-state index is 0.0290. The third kappa shape index (κ3) is 3.57. The molecule has 1 spiro atoms. The van der Waals surface area contributed by atoms with Gasteiger partial charge in [0.15, 0.2) is 0 Å². The summed E-state index contributed by atoms with van der Waals surface area (Å²) in [5.41, 5.74) is -1.86. The standard InChI is InChI=1S/C23H36N2O6/c1-5-9-13-24(12-6-2)20(28)18-23-11-10-22(7-3,31-23)17(21(29)30-8-4)16(23)19(27)25(18)14-15-26/h6,16-18,26H,2,5,7-15H2,1,3-4H3/t16-,17+,18?,22-,23?/m0/s1. The van der Waals surface area contributed by atoms with Gasteiger partial charge in [-0.2, -0.15) is 0 Å². The Hall–Kier alpha value is -1.93. The van der Waals surface area contributed by atoms with Crippen LogP contribution in [-0.2, 0) is 23.9 Å². The molecule has 3 rings (SSSR count). The first-order valence-electron chi connectivity index (χ1n) is 11.5. The molecule has 8 nitrogen and oxygen atoms in total. The fourth-order valence-corrected chi connectivity index (χ4v) is 5.91. The molecule has 3 saturated heterocycles. The topological polar surface area (TPSA) is 96.4 Å². The molecule has 3 heterocycles. The summed E-state index contributed by atoms with van der Waals surface area (Å²) in [5.74, 6) is -2.43. The van der Waals surface area contributed by atoms with Crippen molar-refractivity contribution in [2.75, 3.05) is 32.8 Å².